The van der Waals surface area contributed by atoms with Crippen molar-refractivity contribution in [1.29, 1.82) is 0 Å². The van der Waals surface area contributed by atoms with E-state index in [0.717, 1.165) is 30.1 Å². The molecular formula is C27H48O3. The van der Waals surface area contributed by atoms with Crippen molar-refractivity contribution in [2.45, 2.75) is 111 Å². The molecule has 0 heterocycles. The van der Waals surface area contributed by atoms with E-state index in [9.17, 15) is 15.3 Å². The molecule has 0 amide bonds. The first kappa shape index (κ1) is 23.1. The van der Waals surface area contributed by atoms with Crippen LogP contribution in [0.4, 0.5) is 0 Å². The van der Waals surface area contributed by atoms with Gasteiger partial charge in [-0.2, -0.15) is 0 Å². The van der Waals surface area contributed by atoms with Gasteiger partial charge in [-0.15, -0.1) is 0 Å². The summed E-state index contributed by atoms with van der Waals surface area (Å²) in [5, 5.41) is 31.4. The molecule has 0 bridgehead atoms. The molecule has 4 aliphatic carbocycles. The zero-order valence-electron chi connectivity index (χ0n) is 20.0. The lowest BCUT2D eigenvalue weighted by molar-refractivity contribution is -0.183. The van der Waals surface area contributed by atoms with Crippen molar-refractivity contribution in [3.8, 4) is 0 Å². The topological polar surface area (TPSA) is 60.7 Å². The molecule has 30 heavy (non-hydrogen) atoms. The van der Waals surface area contributed by atoms with Crippen molar-refractivity contribution in [1.82, 2.24) is 0 Å². The van der Waals surface area contributed by atoms with Gasteiger partial charge in [-0.25, -0.2) is 0 Å². The number of hydrogen-bond donors (Lipinski definition) is 3. The van der Waals surface area contributed by atoms with Crippen molar-refractivity contribution in [3.63, 3.8) is 0 Å². The minimum atomic E-state index is -0.655. The highest BCUT2D eigenvalue weighted by molar-refractivity contribution is 5.11. The van der Waals surface area contributed by atoms with Crippen LogP contribution in [0.2, 0.25) is 0 Å². The van der Waals surface area contributed by atoms with Gasteiger partial charge in [-0.1, -0.05) is 47.0 Å². The quantitative estimate of drug-likeness (QED) is 0.538. The highest BCUT2D eigenvalue weighted by atomic mass is 16.3. The Labute approximate surface area is 185 Å². The fourth-order valence-electron chi connectivity index (χ4n) is 9.37. The second kappa shape index (κ2) is 8.67. The van der Waals surface area contributed by atoms with Gasteiger partial charge in [0.25, 0.3) is 0 Å². The van der Waals surface area contributed by atoms with Gasteiger partial charge >= 0.3 is 0 Å². The Morgan fingerprint density at radius 2 is 1.67 bits per heavy atom. The molecule has 3 nitrogen and oxygen atoms in total. The van der Waals surface area contributed by atoms with Crippen LogP contribution >= 0.6 is 0 Å². The Morgan fingerprint density at radius 3 is 2.37 bits per heavy atom. The van der Waals surface area contributed by atoms with Crippen LogP contribution in [0, 0.1) is 52.3 Å². The van der Waals surface area contributed by atoms with Crippen LogP contribution in [0.15, 0.2) is 0 Å². The van der Waals surface area contributed by atoms with Gasteiger partial charge < -0.3 is 15.3 Å². The van der Waals surface area contributed by atoms with Gasteiger partial charge in [0.05, 0.1) is 12.2 Å². The lowest BCUT2D eigenvalue weighted by atomic mass is 9.43. The maximum atomic E-state index is 10.6. The first-order valence-corrected chi connectivity index (χ1v) is 13.2. The van der Waals surface area contributed by atoms with E-state index in [0.29, 0.717) is 36.0 Å². The smallest absolute Gasteiger partial charge is 0.0805 e. The number of hydrogen-bond acceptors (Lipinski definition) is 3. The van der Waals surface area contributed by atoms with E-state index < -0.39 is 12.2 Å². The number of fused-ring (bicyclic) bond motifs is 5. The van der Waals surface area contributed by atoms with Crippen LogP contribution < -0.4 is 0 Å². The summed E-state index contributed by atoms with van der Waals surface area (Å²) in [6.07, 6.45) is 11.8. The molecule has 0 aromatic heterocycles. The monoisotopic (exact) mass is 420 g/mol. The van der Waals surface area contributed by atoms with Crippen molar-refractivity contribution in [3.05, 3.63) is 0 Å². The van der Waals surface area contributed by atoms with Crippen molar-refractivity contribution < 1.29 is 15.3 Å². The van der Waals surface area contributed by atoms with Crippen molar-refractivity contribution in [2.75, 3.05) is 6.61 Å². The Hall–Kier alpha value is -0.120. The van der Waals surface area contributed by atoms with Gasteiger partial charge in [0.2, 0.25) is 0 Å². The van der Waals surface area contributed by atoms with Gasteiger partial charge in [0, 0.05) is 12.0 Å². The fourth-order valence-corrected chi connectivity index (χ4v) is 9.37. The molecular weight excluding hydrogens is 372 g/mol. The Kier molecular flexibility index (Phi) is 6.66. The summed E-state index contributed by atoms with van der Waals surface area (Å²) in [5.74, 6) is 4.93. The predicted molar refractivity (Wildman–Crippen MR) is 122 cm³/mol. The van der Waals surface area contributed by atoms with Gasteiger partial charge in [0.15, 0.2) is 0 Å². The van der Waals surface area contributed by atoms with Crippen molar-refractivity contribution >= 4 is 0 Å². The number of aliphatic hydroxyl groups excluding tert-OH is 3. The molecule has 0 spiro atoms. The minimum absolute atomic E-state index is 0.149. The second-order valence-electron chi connectivity index (χ2n) is 12.6. The van der Waals surface area contributed by atoms with Crippen LogP contribution in [-0.4, -0.2) is 34.1 Å². The molecule has 174 valence electrons. The molecule has 3 unspecified atom stereocenters. The maximum absolute atomic E-state index is 10.6. The molecule has 4 rings (SSSR count). The molecule has 0 saturated heterocycles. The molecule has 0 radical (unpaired) electrons. The first-order valence-electron chi connectivity index (χ1n) is 13.2. The van der Waals surface area contributed by atoms with Crippen LogP contribution in [0.3, 0.4) is 0 Å². The predicted octanol–water partition coefficient (Wildman–Crippen LogP) is 5.41. The molecule has 4 aliphatic rings. The van der Waals surface area contributed by atoms with E-state index in [1.807, 2.05) is 0 Å². The van der Waals surface area contributed by atoms with Crippen LogP contribution in [0.1, 0.15) is 98.3 Å². The molecule has 10 atom stereocenters. The third-order valence-corrected chi connectivity index (χ3v) is 10.9. The molecule has 0 aromatic carbocycles. The molecule has 0 aliphatic heterocycles. The molecule has 3 N–H and O–H groups in total. The summed E-state index contributed by atoms with van der Waals surface area (Å²) < 4.78 is 0. The third kappa shape index (κ3) is 3.69. The van der Waals surface area contributed by atoms with E-state index in [-0.39, 0.29) is 12.0 Å². The maximum Gasteiger partial charge on any atom is 0.0805 e. The summed E-state index contributed by atoms with van der Waals surface area (Å²) in [4.78, 5) is 0. The normalized spacial score (nSPS) is 49.4. The van der Waals surface area contributed by atoms with E-state index in [1.165, 1.54) is 51.4 Å². The second-order valence-corrected chi connectivity index (χ2v) is 12.6. The third-order valence-electron chi connectivity index (χ3n) is 10.9. The molecule has 0 aromatic rings. The zero-order valence-corrected chi connectivity index (χ0v) is 20.0. The summed E-state index contributed by atoms with van der Waals surface area (Å²) in [6, 6.07) is 0. The SMILES string of the molecule is CC(C)CCC[C@@H](C)[C@H]1CC[C@H]2[C@@H]3CCC4CC(O)C(O)C[C@]4(CO)[C@H]3CC[C@]12C. The lowest BCUT2D eigenvalue weighted by Crippen LogP contribution is -2.59. The largest absolute Gasteiger partial charge is 0.396 e. The Morgan fingerprint density at radius 1 is 0.900 bits per heavy atom. The summed E-state index contributed by atoms with van der Waals surface area (Å²) in [5.41, 5.74) is 0.318. The van der Waals surface area contributed by atoms with Crippen LogP contribution in [0.5, 0.6) is 0 Å². The van der Waals surface area contributed by atoms with E-state index >= 15 is 0 Å². The highest BCUT2D eigenvalue weighted by Gasteiger charge is 2.62. The van der Waals surface area contributed by atoms with Crippen molar-refractivity contribution in [2.24, 2.45) is 52.3 Å². The summed E-state index contributed by atoms with van der Waals surface area (Å²) >= 11 is 0. The summed E-state index contributed by atoms with van der Waals surface area (Å²) in [7, 11) is 0. The van der Waals surface area contributed by atoms with Crippen LogP contribution in [-0.2, 0) is 0 Å². The molecule has 3 heteroatoms. The molecule has 4 fully saturated rings. The van der Waals surface area contributed by atoms with Gasteiger partial charge in [-0.05, 0) is 98.2 Å². The minimum Gasteiger partial charge on any atom is -0.396 e. The highest BCUT2D eigenvalue weighted by Crippen LogP contribution is 2.68. The Balaban J connectivity index is 1.50. The van der Waals surface area contributed by atoms with Gasteiger partial charge in [-0.3, -0.25) is 0 Å². The number of aliphatic hydroxyl groups is 3. The average molecular weight is 421 g/mol. The van der Waals surface area contributed by atoms with E-state index in [1.54, 1.807) is 0 Å². The van der Waals surface area contributed by atoms with Gasteiger partial charge in [0.1, 0.15) is 0 Å². The average Bonchev–Trinajstić information content (AvgIpc) is 3.05. The molecule has 4 saturated carbocycles. The summed E-state index contributed by atoms with van der Waals surface area (Å²) in [6.45, 7) is 10.0. The first-order chi connectivity index (χ1) is 14.2. The Bertz CT molecular complexity index is 591. The zero-order chi connectivity index (χ0) is 21.7. The van der Waals surface area contributed by atoms with E-state index in [4.69, 9.17) is 0 Å². The van der Waals surface area contributed by atoms with Crippen LogP contribution in [0.25, 0.3) is 0 Å². The standard InChI is InChI=1S/C27H48O3/c1-17(2)6-5-7-18(3)21-10-11-22-20-9-8-19-14-24(29)25(30)15-27(19,16-28)23(20)12-13-26(21,22)4/h17-25,28-30H,5-16H2,1-4H3/t18-,19?,20+,21-,22+,23+,24?,25?,26-,27-/m1/s1. The number of rotatable bonds is 6. The fraction of sp³-hybridized carbons (Fsp3) is 1.00. The lowest BCUT2D eigenvalue weighted by Gasteiger charge is -2.62. The van der Waals surface area contributed by atoms with E-state index in [2.05, 4.69) is 27.7 Å².